The molecule has 0 amide bonds. The average Bonchev–Trinajstić information content (AvgIpc) is 3.06. The molecular formula is C11H11N3O5S2. The van der Waals surface area contributed by atoms with Gasteiger partial charge in [-0.15, -0.1) is 0 Å². The molecule has 1 saturated heterocycles. The van der Waals surface area contributed by atoms with Gasteiger partial charge in [0.15, 0.2) is 5.54 Å². The van der Waals surface area contributed by atoms with E-state index in [4.69, 9.17) is 4.74 Å². The van der Waals surface area contributed by atoms with E-state index in [1.54, 1.807) is 6.07 Å². The van der Waals surface area contributed by atoms with Crippen molar-refractivity contribution in [3.05, 3.63) is 18.2 Å². The van der Waals surface area contributed by atoms with Gasteiger partial charge < -0.3 is 9.84 Å². The van der Waals surface area contributed by atoms with Gasteiger partial charge in [-0.3, -0.25) is 4.79 Å². The number of fused-ring (bicyclic) bond motifs is 1. The van der Waals surface area contributed by atoms with Crippen LogP contribution in [0.2, 0.25) is 0 Å². The lowest BCUT2D eigenvalue weighted by Gasteiger charge is -2.23. The number of carboxylic acid groups (broad SMARTS) is 1. The largest absolute Gasteiger partial charge is 0.480 e. The molecule has 1 aromatic carbocycles. The van der Waals surface area contributed by atoms with E-state index in [1.165, 1.54) is 12.1 Å². The Morgan fingerprint density at radius 2 is 2.24 bits per heavy atom. The molecule has 1 fully saturated rings. The molecule has 1 atom stereocenters. The molecule has 10 heteroatoms. The third-order valence-corrected chi connectivity index (χ3v) is 5.41. The lowest BCUT2D eigenvalue weighted by Crippen LogP contribution is -2.55. The van der Waals surface area contributed by atoms with Crippen molar-refractivity contribution in [2.75, 3.05) is 13.2 Å². The van der Waals surface area contributed by atoms with Gasteiger partial charge in [0, 0.05) is 13.0 Å². The van der Waals surface area contributed by atoms with E-state index in [2.05, 4.69) is 13.5 Å². The molecule has 21 heavy (non-hydrogen) atoms. The fraction of sp³-hybridized carbons (Fsp3) is 0.364. The number of nitrogens with one attached hydrogen (secondary N) is 1. The van der Waals surface area contributed by atoms with E-state index < -0.39 is 21.5 Å². The smallest absolute Gasteiger partial charge is 0.327 e. The van der Waals surface area contributed by atoms with Crippen LogP contribution in [-0.4, -0.2) is 47.0 Å². The molecule has 3 rings (SSSR count). The lowest BCUT2D eigenvalue weighted by atomic mass is 10.0. The zero-order valence-electron chi connectivity index (χ0n) is 10.6. The summed E-state index contributed by atoms with van der Waals surface area (Å²) in [6.45, 7) is -0.00979. The van der Waals surface area contributed by atoms with E-state index in [0.717, 1.165) is 11.7 Å². The Morgan fingerprint density at radius 1 is 1.43 bits per heavy atom. The van der Waals surface area contributed by atoms with Crippen molar-refractivity contribution < 1.29 is 23.1 Å². The number of hydrogen-bond donors (Lipinski definition) is 2. The van der Waals surface area contributed by atoms with Gasteiger partial charge in [-0.1, -0.05) is 6.07 Å². The van der Waals surface area contributed by atoms with Crippen LogP contribution in [0.15, 0.2) is 23.1 Å². The van der Waals surface area contributed by atoms with Crippen LogP contribution < -0.4 is 4.72 Å². The Morgan fingerprint density at radius 3 is 2.90 bits per heavy atom. The number of carbonyl (C=O) groups is 1. The minimum Gasteiger partial charge on any atom is -0.480 e. The molecule has 0 radical (unpaired) electrons. The Labute approximate surface area is 124 Å². The van der Waals surface area contributed by atoms with Crippen LogP contribution in [0.1, 0.15) is 6.42 Å². The first-order valence-corrected chi connectivity index (χ1v) is 8.22. The maximum Gasteiger partial charge on any atom is 0.327 e. The number of nitrogens with zero attached hydrogens (tertiary/aromatic N) is 2. The normalized spacial score (nSPS) is 22.7. The Balaban J connectivity index is 2.05. The SMILES string of the molecule is O=C(O)C1(NS(=O)(=O)c2cccc3nsnc23)CCOC1. The quantitative estimate of drug-likeness (QED) is 0.823. The fourth-order valence-electron chi connectivity index (χ4n) is 2.17. The van der Waals surface area contributed by atoms with Crippen LogP contribution >= 0.6 is 11.7 Å². The molecule has 1 unspecified atom stereocenters. The Bertz CT molecular complexity index is 795. The van der Waals surface area contributed by atoms with Gasteiger partial charge >= 0.3 is 5.97 Å². The lowest BCUT2D eigenvalue weighted by molar-refractivity contribution is -0.144. The zero-order chi connectivity index (χ0) is 15.1. The summed E-state index contributed by atoms with van der Waals surface area (Å²) >= 11 is 0.898. The van der Waals surface area contributed by atoms with Gasteiger partial charge in [-0.05, 0) is 12.1 Å². The van der Waals surface area contributed by atoms with Gasteiger partial charge in [-0.25, -0.2) is 8.42 Å². The second-order valence-electron chi connectivity index (χ2n) is 4.68. The molecule has 1 aromatic heterocycles. The molecule has 112 valence electrons. The van der Waals surface area contributed by atoms with Gasteiger partial charge in [-0.2, -0.15) is 13.5 Å². The minimum atomic E-state index is -4.05. The van der Waals surface area contributed by atoms with Crippen LogP contribution in [-0.2, 0) is 19.6 Å². The number of aliphatic carboxylic acids is 1. The van der Waals surface area contributed by atoms with Crippen molar-refractivity contribution in [2.24, 2.45) is 0 Å². The van der Waals surface area contributed by atoms with E-state index in [0.29, 0.717) is 5.52 Å². The molecule has 2 N–H and O–H groups in total. The predicted molar refractivity (Wildman–Crippen MR) is 73.5 cm³/mol. The number of sulfonamides is 1. The third-order valence-electron chi connectivity index (χ3n) is 3.30. The summed E-state index contributed by atoms with van der Waals surface area (Å²) in [7, 11) is -4.05. The van der Waals surface area contributed by atoms with Crippen LogP contribution in [0, 0.1) is 0 Å². The molecule has 1 aliphatic rings. The molecule has 2 heterocycles. The standard InChI is InChI=1S/C11H11N3O5S2/c15-10(16)11(4-5-19-6-11)14-21(17,18)8-3-1-2-7-9(8)13-20-12-7/h1-3,14H,4-6H2,(H,15,16). The van der Waals surface area contributed by atoms with E-state index in [1.807, 2.05) is 0 Å². The first-order valence-electron chi connectivity index (χ1n) is 6.01. The van der Waals surface area contributed by atoms with Crippen molar-refractivity contribution in [1.82, 2.24) is 13.5 Å². The second kappa shape index (κ2) is 4.98. The summed E-state index contributed by atoms with van der Waals surface area (Å²) in [5.41, 5.74) is -0.950. The number of aromatic nitrogens is 2. The predicted octanol–water partition coefficient (Wildman–Crippen LogP) is 0.213. The number of benzene rings is 1. The van der Waals surface area contributed by atoms with Crippen molar-refractivity contribution in [3.63, 3.8) is 0 Å². The summed E-state index contributed by atoms with van der Waals surface area (Å²) < 4.78 is 40.3. The van der Waals surface area contributed by atoms with Gasteiger partial charge in [0.25, 0.3) is 0 Å². The van der Waals surface area contributed by atoms with Crippen LogP contribution in [0.4, 0.5) is 0 Å². The maximum absolute atomic E-state index is 12.5. The molecule has 0 saturated carbocycles. The van der Waals surface area contributed by atoms with Crippen LogP contribution in [0.5, 0.6) is 0 Å². The van der Waals surface area contributed by atoms with Crippen LogP contribution in [0.25, 0.3) is 11.0 Å². The fourth-order valence-corrected chi connectivity index (χ4v) is 4.31. The average molecular weight is 329 g/mol. The Kier molecular flexibility index (Phi) is 3.40. The first kappa shape index (κ1) is 14.3. The highest BCUT2D eigenvalue weighted by Crippen LogP contribution is 2.26. The maximum atomic E-state index is 12.5. The van der Waals surface area contributed by atoms with E-state index in [9.17, 15) is 18.3 Å². The van der Waals surface area contributed by atoms with E-state index >= 15 is 0 Å². The monoisotopic (exact) mass is 329 g/mol. The number of hydrogen-bond acceptors (Lipinski definition) is 7. The zero-order valence-corrected chi connectivity index (χ0v) is 12.3. The summed E-state index contributed by atoms with van der Waals surface area (Å²) in [6.07, 6.45) is 0.0762. The number of rotatable bonds is 4. The van der Waals surface area contributed by atoms with Crippen LogP contribution in [0.3, 0.4) is 0 Å². The van der Waals surface area contributed by atoms with Gasteiger partial charge in [0.05, 0.1) is 18.3 Å². The number of carboxylic acids is 1. The van der Waals surface area contributed by atoms with Crippen molar-refractivity contribution >= 4 is 38.8 Å². The van der Waals surface area contributed by atoms with Gasteiger partial charge in [0.2, 0.25) is 10.0 Å². The second-order valence-corrected chi connectivity index (χ2v) is 6.86. The molecule has 2 aromatic rings. The van der Waals surface area contributed by atoms with Crippen molar-refractivity contribution in [2.45, 2.75) is 16.9 Å². The molecular weight excluding hydrogens is 318 g/mol. The van der Waals surface area contributed by atoms with Crippen molar-refractivity contribution in [1.29, 1.82) is 0 Å². The topological polar surface area (TPSA) is 118 Å². The van der Waals surface area contributed by atoms with Crippen molar-refractivity contribution in [3.8, 4) is 0 Å². The molecule has 0 aliphatic carbocycles. The Hall–Kier alpha value is -1.62. The molecule has 0 spiro atoms. The van der Waals surface area contributed by atoms with Gasteiger partial charge in [0.1, 0.15) is 15.9 Å². The minimum absolute atomic E-state index is 0.0762. The summed E-state index contributed by atoms with van der Waals surface area (Å²) in [6, 6.07) is 4.55. The summed E-state index contributed by atoms with van der Waals surface area (Å²) in [5.74, 6) is -1.26. The first-order chi connectivity index (χ1) is 9.95. The summed E-state index contributed by atoms with van der Waals surface area (Å²) in [4.78, 5) is 11.3. The third kappa shape index (κ3) is 2.39. The van der Waals surface area contributed by atoms with E-state index in [-0.39, 0.29) is 30.0 Å². The highest BCUT2D eigenvalue weighted by Gasteiger charge is 2.46. The highest BCUT2D eigenvalue weighted by atomic mass is 32.2. The molecule has 8 nitrogen and oxygen atoms in total. The molecule has 1 aliphatic heterocycles. The molecule has 0 bridgehead atoms. The highest BCUT2D eigenvalue weighted by molar-refractivity contribution is 7.89. The summed E-state index contributed by atoms with van der Waals surface area (Å²) in [5, 5.41) is 9.31. The number of ether oxygens (including phenoxy) is 1.